The van der Waals surface area contributed by atoms with E-state index in [0.717, 1.165) is 37.8 Å². The average Bonchev–Trinajstić information content (AvgIpc) is 2.36. The van der Waals surface area contributed by atoms with Gasteiger partial charge >= 0.3 is 6.18 Å². The molecular formula is C13H16ClF3N2O. The molecule has 2 atom stereocenters. The van der Waals surface area contributed by atoms with Crippen LogP contribution in [0.4, 0.5) is 19.0 Å². The fourth-order valence-electron chi connectivity index (χ4n) is 2.41. The summed E-state index contributed by atoms with van der Waals surface area (Å²) >= 11 is 5.61. The van der Waals surface area contributed by atoms with Gasteiger partial charge in [-0.05, 0) is 25.0 Å². The third kappa shape index (κ3) is 3.99. The standard InChI is InChI=1S/C13H16ClF3N2O/c14-11-5-9(13(15,16)17)6-12(19-11)18-7-8-3-1-2-4-10(8)20/h5-6,8,10,20H,1-4,7H2,(H,18,19). The second-order valence-corrected chi connectivity index (χ2v) is 5.44. The molecule has 0 aliphatic heterocycles. The maximum atomic E-state index is 12.7. The van der Waals surface area contributed by atoms with Crippen LogP contribution in [-0.2, 0) is 6.18 Å². The van der Waals surface area contributed by atoms with E-state index >= 15 is 0 Å². The van der Waals surface area contributed by atoms with Gasteiger partial charge in [-0.15, -0.1) is 0 Å². The number of rotatable bonds is 3. The van der Waals surface area contributed by atoms with Crippen molar-refractivity contribution in [2.75, 3.05) is 11.9 Å². The van der Waals surface area contributed by atoms with Crippen LogP contribution < -0.4 is 5.32 Å². The van der Waals surface area contributed by atoms with E-state index in [1.807, 2.05) is 0 Å². The Balaban J connectivity index is 2.04. The van der Waals surface area contributed by atoms with Gasteiger partial charge in [-0.3, -0.25) is 0 Å². The number of pyridine rings is 1. The zero-order valence-electron chi connectivity index (χ0n) is 10.8. The molecule has 1 aromatic rings. The Hall–Kier alpha value is -1.01. The van der Waals surface area contributed by atoms with Gasteiger partial charge in [0, 0.05) is 12.5 Å². The Morgan fingerprint density at radius 3 is 2.65 bits per heavy atom. The number of aromatic nitrogens is 1. The maximum absolute atomic E-state index is 12.7. The minimum absolute atomic E-state index is 0.0406. The molecule has 1 saturated carbocycles. The summed E-state index contributed by atoms with van der Waals surface area (Å²) in [6, 6.07) is 1.73. The largest absolute Gasteiger partial charge is 0.416 e. The Morgan fingerprint density at radius 1 is 1.30 bits per heavy atom. The first kappa shape index (κ1) is 15.4. The molecule has 0 radical (unpaired) electrons. The van der Waals surface area contributed by atoms with Gasteiger partial charge < -0.3 is 10.4 Å². The van der Waals surface area contributed by atoms with Crippen LogP contribution in [0.5, 0.6) is 0 Å². The summed E-state index contributed by atoms with van der Waals surface area (Å²) in [7, 11) is 0. The van der Waals surface area contributed by atoms with E-state index in [1.54, 1.807) is 0 Å². The summed E-state index contributed by atoms with van der Waals surface area (Å²) in [5.74, 6) is 0.126. The lowest BCUT2D eigenvalue weighted by Gasteiger charge is -2.27. The monoisotopic (exact) mass is 308 g/mol. The van der Waals surface area contributed by atoms with Gasteiger partial charge in [-0.2, -0.15) is 13.2 Å². The molecule has 1 aliphatic rings. The highest BCUT2D eigenvalue weighted by atomic mass is 35.5. The third-order valence-corrected chi connectivity index (χ3v) is 3.73. The van der Waals surface area contributed by atoms with Gasteiger partial charge in [0.2, 0.25) is 0 Å². The number of hydrogen-bond acceptors (Lipinski definition) is 3. The number of aliphatic hydroxyl groups is 1. The van der Waals surface area contributed by atoms with Gasteiger partial charge in [0.05, 0.1) is 11.7 Å². The molecule has 2 unspecified atom stereocenters. The van der Waals surface area contributed by atoms with Crippen molar-refractivity contribution < 1.29 is 18.3 Å². The molecule has 2 rings (SSSR count). The quantitative estimate of drug-likeness (QED) is 0.837. The van der Waals surface area contributed by atoms with E-state index in [1.165, 1.54) is 0 Å². The molecule has 1 heterocycles. The molecule has 3 nitrogen and oxygen atoms in total. The number of nitrogens with one attached hydrogen (secondary N) is 1. The normalized spacial score (nSPS) is 23.6. The zero-order chi connectivity index (χ0) is 14.8. The van der Waals surface area contributed by atoms with Gasteiger partial charge in [-0.1, -0.05) is 24.4 Å². The molecule has 2 N–H and O–H groups in total. The van der Waals surface area contributed by atoms with E-state index in [0.29, 0.717) is 6.54 Å². The van der Waals surface area contributed by atoms with E-state index in [-0.39, 0.29) is 16.9 Å². The summed E-state index contributed by atoms with van der Waals surface area (Å²) in [5.41, 5.74) is -0.829. The SMILES string of the molecule is OC1CCCCC1CNc1cc(C(F)(F)F)cc(Cl)n1. The highest BCUT2D eigenvalue weighted by molar-refractivity contribution is 6.29. The van der Waals surface area contributed by atoms with Gasteiger partial charge in [-0.25, -0.2) is 4.98 Å². The summed E-state index contributed by atoms with van der Waals surface area (Å²) in [6.45, 7) is 0.395. The van der Waals surface area contributed by atoms with E-state index < -0.39 is 17.8 Å². The molecule has 20 heavy (non-hydrogen) atoms. The lowest BCUT2D eigenvalue weighted by molar-refractivity contribution is -0.137. The Labute approximate surface area is 120 Å². The Morgan fingerprint density at radius 2 is 2.00 bits per heavy atom. The number of nitrogens with zero attached hydrogens (tertiary/aromatic N) is 1. The van der Waals surface area contributed by atoms with E-state index in [2.05, 4.69) is 10.3 Å². The number of alkyl halides is 3. The molecule has 0 aromatic carbocycles. The number of anilines is 1. The first-order valence-electron chi connectivity index (χ1n) is 6.53. The lowest BCUT2D eigenvalue weighted by Crippen LogP contribution is -2.30. The van der Waals surface area contributed by atoms with Crippen LogP contribution >= 0.6 is 11.6 Å². The van der Waals surface area contributed by atoms with Crippen LogP contribution in [-0.4, -0.2) is 22.7 Å². The van der Waals surface area contributed by atoms with Crippen molar-refractivity contribution in [2.24, 2.45) is 5.92 Å². The highest BCUT2D eigenvalue weighted by Crippen LogP contribution is 2.32. The van der Waals surface area contributed by atoms with E-state index in [9.17, 15) is 18.3 Å². The molecule has 0 saturated heterocycles. The van der Waals surface area contributed by atoms with Crippen molar-refractivity contribution in [3.8, 4) is 0 Å². The minimum atomic E-state index is -4.45. The van der Waals surface area contributed by atoms with Crippen LogP contribution in [0.15, 0.2) is 12.1 Å². The molecule has 0 spiro atoms. The molecule has 0 bridgehead atoms. The third-order valence-electron chi connectivity index (χ3n) is 3.54. The number of halogens is 4. The number of aliphatic hydroxyl groups excluding tert-OH is 1. The summed E-state index contributed by atoms with van der Waals surface area (Å²) in [5, 5.41) is 12.5. The van der Waals surface area contributed by atoms with Crippen molar-refractivity contribution >= 4 is 17.4 Å². The predicted molar refractivity (Wildman–Crippen MR) is 70.7 cm³/mol. The van der Waals surface area contributed by atoms with Gasteiger partial charge in [0.25, 0.3) is 0 Å². The molecule has 1 fully saturated rings. The van der Waals surface area contributed by atoms with Crippen molar-refractivity contribution in [3.63, 3.8) is 0 Å². The summed E-state index contributed by atoms with van der Waals surface area (Å²) < 4.78 is 38.0. The fraction of sp³-hybridized carbons (Fsp3) is 0.615. The van der Waals surface area contributed by atoms with Crippen LogP contribution in [0.3, 0.4) is 0 Å². The van der Waals surface area contributed by atoms with E-state index in [4.69, 9.17) is 11.6 Å². The molecule has 7 heteroatoms. The first-order valence-corrected chi connectivity index (χ1v) is 6.91. The first-order chi connectivity index (χ1) is 9.36. The smallest absolute Gasteiger partial charge is 0.393 e. The predicted octanol–water partition coefficient (Wildman–Crippen LogP) is 3.72. The summed E-state index contributed by atoms with van der Waals surface area (Å²) in [4.78, 5) is 3.83. The van der Waals surface area contributed by atoms with Crippen molar-refractivity contribution in [1.82, 2.24) is 4.98 Å². The minimum Gasteiger partial charge on any atom is -0.393 e. The topological polar surface area (TPSA) is 45.1 Å². The van der Waals surface area contributed by atoms with Crippen LogP contribution in [0.2, 0.25) is 5.15 Å². The van der Waals surface area contributed by atoms with Crippen molar-refractivity contribution in [1.29, 1.82) is 0 Å². The zero-order valence-corrected chi connectivity index (χ0v) is 11.5. The Bertz CT molecular complexity index is 467. The van der Waals surface area contributed by atoms with Gasteiger partial charge in [0.15, 0.2) is 0 Å². The van der Waals surface area contributed by atoms with Crippen molar-refractivity contribution in [3.05, 3.63) is 22.8 Å². The van der Waals surface area contributed by atoms with Crippen molar-refractivity contribution in [2.45, 2.75) is 38.0 Å². The van der Waals surface area contributed by atoms with Crippen LogP contribution in [0, 0.1) is 5.92 Å². The molecule has 0 amide bonds. The maximum Gasteiger partial charge on any atom is 0.416 e. The Kier molecular flexibility index (Phi) is 4.75. The average molecular weight is 309 g/mol. The second kappa shape index (κ2) is 6.18. The highest BCUT2D eigenvalue weighted by Gasteiger charge is 2.31. The molecule has 1 aliphatic carbocycles. The molecular weight excluding hydrogens is 293 g/mol. The molecule has 1 aromatic heterocycles. The molecule has 112 valence electrons. The summed E-state index contributed by atoms with van der Waals surface area (Å²) in [6.07, 6.45) is -1.24. The second-order valence-electron chi connectivity index (χ2n) is 5.05. The van der Waals surface area contributed by atoms with Gasteiger partial charge in [0.1, 0.15) is 11.0 Å². The fourth-order valence-corrected chi connectivity index (χ4v) is 2.62. The lowest BCUT2D eigenvalue weighted by atomic mass is 9.86. The van der Waals surface area contributed by atoms with Crippen LogP contribution in [0.1, 0.15) is 31.2 Å². The van der Waals surface area contributed by atoms with Crippen LogP contribution in [0.25, 0.3) is 0 Å². The number of hydrogen-bond donors (Lipinski definition) is 2.